The van der Waals surface area contributed by atoms with Gasteiger partial charge in [0.2, 0.25) is 0 Å². The summed E-state index contributed by atoms with van der Waals surface area (Å²) in [6.07, 6.45) is 1.96. The standard InChI is InChI=1S/C17H19NO2S/c1-4-17(21)18(13-5-9-15(19-2)10-6-13)14-7-11-16(20-3)12-8-14/h4-12,21H,1-3H3/b17-4-. The zero-order valence-electron chi connectivity index (χ0n) is 12.4. The first-order chi connectivity index (χ1) is 10.2. The molecule has 0 aromatic heterocycles. The lowest BCUT2D eigenvalue weighted by molar-refractivity contribution is 0.415. The van der Waals surface area contributed by atoms with Crippen molar-refractivity contribution < 1.29 is 9.47 Å². The highest BCUT2D eigenvalue weighted by molar-refractivity contribution is 7.84. The van der Waals surface area contributed by atoms with Crippen LogP contribution in [0.25, 0.3) is 0 Å². The van der Waals surface area contributed by atoms with E-state index in [0.717, 1.165) is 27.9 Å². The number of benzene rings is 2. The molecule has 2 aromatic carbocycles. The molecular weight excluding hydrogens is 282 g/mol. The molecule has 0 N–H and O–H groups in total. The predicted molar refractivity (Wildman–Crippen MR) is 90.9 cm³/mol. The minimum absolute atomic E-state index is 0.828. The van der Waals surface area contributed by atoms with Gasteiger partial charge in [-0.25, -0.2) is 0 Å². The molecule has 0 saturated heterocycles. The minimum Gasteiger partial charge on any atom is -0.497 e. The third-order valence-corrected chi connectivity index (χ3v) is 3.61. The monoisotopic (exact) mass is 301 g/mol. The number of hydrogen-bond acceptors (Lipinski definition) is 4. The number of anilines is 2. The van der Waals surface area contributed by atoms with Crippen LogP contribution in [0.1, 0.15) is 6.92 Å². The highest BCUT2D eigenvalue weighted by Crippen LogP contribution is 2.33. The number of methoxy groups -OCH3 is 2. The summed E-state index contributed by atoms with van der Waals surface area (Å²) >= 11 is 4.57. The number of nitrogens with zero attached hydrogens (tertiary/aromatic N) is 1. The van der Waals surface area contributed by atoms with E-state index in [-0.39, 0.29) is 0 Å². The van der Waals surface area contributed by atoms with Crippen LogP contribution in [0.15, 0.2) is 59.6 Å². The van der Waals surface area contributed by atoms with E-state index in [9.17, 15) is 0 Å². The summed E-state index contributed by atoms with van der Waals surface area (Å²) in [6, 6.07) is 15.7. The zero-order chi connectivity index (χ0) is 15.2. The van der Waals surface area contributed by atoms with Gasteiger partial charge in [0.25, 0.3) is 0 Å². The molecule has 0 fully saturated rings. The summed E-state index contributed by atoms with van der Waals surface area (Å²) in [7, 11) is 3.32. The maximum Gasteiger partial charge on any atom is 0.119 e. The van der Waals surface area contributed by atoms with E-state index in [4.69, 9.17) is 9.47 Å². The minimum atomic E-state index is 0.828. The lowest BCUT2D eigenvalue weighted by Crippen LogP contribution is -2.12. The van der Waals surface area contributed by atoms with Crippen LogP contribution in [-0.4, -0.2) is 14.2 Å². The van der Waals surface area contributed by atoms with Gasteiger partial charge in [-0.3, -0.25) is 0 Å². The first-order valence-corrected chi connectivity index (χ1v) is 7.08. The van der Waals surface area contributed by atoms with Crippen LogP contribution in [0.2, 0.25) is 0 Å². The molecule has 0 saturated carbocycles. The van der Waals surface area contributed by atoms with E-state index in [1.165, 1.54) is 0 Å². The quantitative estimate of drug-likeness (QED) is 0.814. The molecular formula is C17H19NO2S. The van der Waals surface area contributed by atoms with E-state index in [1.54, 1.807) is 14.2 Å². The molecule has 0 aliphatic carbocycles. The summed E-state index contributed by atoms with van der Waals surface area (Å²) in [5, 5.41) is 0.852. The third kappa shape index (κ3) is 3.52. The summed E-state index contributed by atoms with van der Waals surface area (Å²) in [4.78, 5) is 2.06. The fourth-order valence-corrected chi connectivity index (χ4v) is 2.24. The van der Waals surface area contributed by atoms with E-state index in [2.05, 4.69) is 17.5 Å². The third-order valence-electron chi connectivity index (χ3n) is 3.15. The molecule has 0 atom stereocenters. The van der Waals surface area contributed by atoms with Gasteiger partial charge in [0.1, 0.15) is 11.5 Å². The fourth-order valence-electron chi connectivity index (χ4n) is 2.01. The van der Waals surface area contributed by atoms with Crippen LogP contribution in [0, 0.1) is 0 Å². The average molecular weight is 301 g/mol. The molecule has 0 unspecified atom stereocenters. The van der Waals surface area contributed by atoms with E-state index in [0.29, 0.717) is 0 Å². The van der Waals surface area contributed by atoms with Crippen molar-refractivity contribution in [1.29, 1.82) is 0 Å². The smallest absolute Gasteiger partial charge is 0.119 e. The van der Waals surface area contributed by atoms with Gasteiger partial charge in [-0.15, -0.1) is 12.6 Å². The first-order valence-electron chi connectivity index (χ1n) is 6.63. The molecule has 2 aromatic rings. The maximum atomic E-state index is 5.20. The second-order valence-electron chi connectivity index (χ2n) is 4.38. The molecule has 0 bridgehead atoms. The SMILES string of the molecule is C/C=C(\S)N(c1ccc(OC)cc1)c1ccc(OC)cc1. The van der Waals surface area contributed by atoms with Crippen LogP contribution < -0.4 is 14.4 Å². The lowest BCUT2D eigenvalue weighted by Gasteiger charge is -2.25. The van der Waals surface area contributed by atoms with Crippen molar-refractivity contribution >= 4 is 24.0 Å². The van der Waals surface area contributed by atoms with Crippen LogP contribution in [0.4, 0.5) is 11.4 Å². The Labute approximate surface area is 131 Å². The number of thiol groups is 1. The van der Waals surface area contributed by atoms with Crippen molar-refractivity contribution in [3.8, 4) is 11.5 Å². The molecule has 0 radical (unpaired) electrons. The fraction of sp³-hybridized carbons (Fsp3) is 0.176. The topological polar surface area (TPSA) is 21.7 Å². The Bertz CT molecular complexity index is 558. The van der Waals surface area contributed by atoms with Crippen molar-refractivity contribution in [3.63, 3.8) is 0 Å². The molecule has 21 heavy (non-hydrogen) atoms. The lowest BCUT2D eigenvalue weighted by atomic mass is 10.2. The molecule has 0 aliphatic heterocycles. The van der Waals surface area contributed by atoms with Crippen molar-refractivity contribution in [2.24, 2.45) is 0 Å². The van der Waals surface area contributed by atoms with Crippen LogP contribution in [0.5, 0.6) is 11.5 Å². The molecule has 110 valence electrons. The average Bonchev–Trinajstić information content (AvgIpc) is 2.56. The first kappa shape index (κ1) is 15.3. The van der Waals surface area contributed by atoms with Gasteiger partial charge in [0, 0.05) is 11.4 Å². The van der Waals surface area contributed by atoms with Crippen molar-refractivity contribution in [2.75, 3.05) is 19.1 Å². The number of ether oxygens (including phenoxy) is 2. The Morgan fingerprint density at radius 2 is 1.24 bits per heavy atom. The zero-order valence-corrected chi connectivity index (χ0v) is 13.3. The molecule has 2 rings (SSSR count). The molecule has 3 nitrogen and oxygen atoms in total. The van der Waals surface area contributed by atoms with E-state index in [1.807, 2.05) is 61.5 Å². The normalized spacial score (nSPS) is 11.1. The van der Waals surface area contributed by atoms with Crippen LogP contribution in [-0.2, 0) is 0 Å². The van der Waals surface area contributed by atoms with Crippen LogP contribution >= 0.6 is 12.6 Å². The summed E-state index contributed by atoms with van der Waals surface area (Å²) in [6.45, 7) is 1.96. The van der Waals surface area contributed by atoms with Crippen molar-refractivity contribution in [3.05, 3.63) is 59.6 Å². The van der Waals surface area contributed by atoms with Gasteiger partial charge in [-0.05, 0) is 55.5 Å². The summed E-state index contributed by atoms with van der Waals surface area (Å²) < 4.78 is 10.4. The number of rotatable bonds is 5. The molecule has 0 aliphatic rings. The highest BCUT2D eigenvalue weighted by atomic mass is 32.1. The highest BCUT2D eigenvalue weighted by Gasteiger charge is 2.12. The van der Waals surface area contributed by atoms with Crippen LogP contribution in [0.3, 0.4) is 0 Å². The second-order valence-corrected chi connectivity index (χ2v) is 4.84. The number of hydrogen-bond donors (Lipinski definition) is 1. The van der Waals surface area contributed by atoms with Crippen molar-refractivity contribution in [2.45, 2.75) is 6.92 Å². The van der Waals surface area contributed by atoms with Gasteiger partial charge in [0.15, 0.2) is 0 Å². The summed E-state index contributed by atoms with van der Waals surface area (Å²) in [5.41, 5.74) is 2.04. The molecule has 4 heteroatoms. The van der Waals surface area contributed by atoms with Gasteiger partial charge < -0.3 is 14.4 Å². The Hall–Kier alpha value is -2.07. The Balaban J connectivity index is 2.41. The second kappa shape index (κ2) is 7.09. The van der Waals surface area contributed by atoms with E-state index >= 15 is 0 Å². The molecule has 0 spiro atoms. The Morgan fingerprint density at radius 3 is 1.52 bits per heavy atom. The summed E-state index contributed by atoms with van der Waals surface area (Å²) in [5.74, 6) is 1.66. The predicted octanol–water partition coefficient (Wildman–Crippen LogP) is 4.63. The molecule has 0 amide bonds. The van der Waals surface area contributed by atoms with Gasteiger partial charge in [-0.2, -0.15) is 0 Å². The largest absolute Gasteiger partial charge is 0.497 e. The maximum absolute atomic E-state index is 5.20. The Kier molecular flexibility index (Phi) is 5.17. The van der Waals surface area contributed by atoms with Gasteiger partial charge in [0.05, 0.1) is 19.2 Å². The van der Waals surface area contributed by atoms with E-state index < -0.39 is 0 Å². The van der Waals surface area contributed by atoms with Gasteiger partial charge >= 0.3 is 0 Å². The number of allylic oxidation sites excluding steroid dienone is 1. The molecule has 0 heterocycles. The van der Waals surface area contributed by atoms with Gasteiger partial charge in [-0.1, -0.05) is 6.08 Å². The Morgan fingerprint density at radius 1 is 0.857 bits per heavy atom. The van der Waals surface area contributed by atoms with Crippen molar-refractivity contribution in [1.82, 2.24) is 0 Å².